The van der Waals surface area contributed by atoms with Crippen molar-refractivity contribution >= 4 is 0 Å². The summed E-state index contributed by atoms with van der Waals surface area (Å²) in [6.45, 7) is 2.62. The fourth-order valence-electron chi connectivity index (χ4n) is 1.26. The van der Waals surface area contributed by atoms with Gasteiger partial charge >= 0.3 is 0 Å². The molecule has 15 heavy (non-hydrogen) atoms. The largest absolute Gasteiger partial charge is 0.384 e. The molecule has 0 aromatic carbocycles. The van der Waals surface area contributed by atoms with Gasteiger partial charge in [0, 0.05) is 26.0 Å². The zero-order chi connectivity index (χ0) is 11.1. The third-order valence-electron chi connectivity index (χ3n) is 2.09. The molecule has 0 aliphatic heterocycles. The Balaban J connectivity index is 2.26. The summed E-state index contributed by atoms with van der Waals surface area (Å²) in [6.07, 6.45) is 3.48. The summed E-state index contributed by atoms with van der Waals surface area (Å²) in [6, 6.07) is 0.237. The molecule has 5 heteroatoms. The van der Waals surface area contributed by atoms with Gasteiger partial charge in [-0.2, -0.15) is 4.98 Å². The topological polar surface area (TPSA) is 74.2 Å². The van der Waals surface area contributed by atoms with Crippen LogP contribution in [0.3, 0.4) is 0 Å². The van der Waals surface area contributed by atoms with Gasteiger partial charge in [0.2, 0.25) is 5.89 Å². The Morgan fingerprint density at radius 2 is 2.27 bits per heavy atom. The van der Waals surface area contributed by atoms with Crippen LogP contribution in [-0.2, 0) is 17.6 Å². The molecule has 1 atom stereocenters. The summed E-state index contributed by atoms with van der Waals surface area (Å²) < 4.78 is 10.0. The highest BCUT2D eigenvalue weighted by atomic mass is 16.5. The van der Waals surface area contributed by atoms with Gasteiger partial charge in [-0.3, -0.25) is 0 Å². The number of rotatable bonds is 7. The summed E-state index contributed by atoms with van der Waals surface area (Å²) in [7, 11) is 1.66. The number of hydrogen-bond donors (Lipinski definition) is 1. The number of nitrogens with zero attached hydrogens (tertiary/aromatic N) is 2. The van der Waals surface area contributed by atoms with Crippen molar-refractivity contribution in [1.82, 2.24) is 10.1 Å². The number of aromatic nitrogens is 2. The summed E-state index contributed by atoms with van der Waals surface area (Å²) in [4.78, 5) is 4.25. The van der Waals surface area contributed by atoms with Gasteiger partial charge in [0.1, 0.15) is 0 Å². The Bertz CT molecular complexity index is 273. The van der Waals surface area contributed by atoms with Gasteiger partial charge in [0.25, 0.3) is 0 Å². The highest BCUT2D eigenvalue weighted by molar-refractivity contribution is 4.86. The third kappa shape index (κ3) is 4.90. The van der Waals surface area contributed by atoms with E-state index in [0.717, 1.165) is 19.3 Å². The van der Waals surface area contributed by atoms with Crippen molar-refractivity contribution in [2.24, 2.45) is 5.73 Å². The van der Waals surface area contributed by atoms with Crippen LogP contribution >= 0.6 is 0 Å². The highest BCUT2D eigenvalue weighted by Gasteiger charge is 2.06. The lowest BCUT2D eigenvalue weighted by Crippen LogP contribution is -2.14. The molecular formula is C10H19N3O2. The van der Waals surface area contributed by atoms with Gasteiger partial charge in [0.05, 0.1) is 6.61 Å². The van der Waals surface area contributed by atoms with E-state index in [4.69, 9.17) is 15.0 Å². The number of nitrogens with two attached hydrogens (primary N) is 1. The molecule has 0 saturated carbocycles. The van der Waals surface area contributed by atoms with Crippen LogP contribution in [-0.4, -0.2) is 29.9 Å². The van der Waals surface area contributed by atoms with Crippen LogP contribution in [0.5, 0.6) is 0 Å². The van der Waals surface area contributed by atoms with Crippen LogP contribution in [0, 0.1) is 0 Å². The molecule has 5 nitrogen and oxygen atoms in total. The van der Waals surface area contributed by atoms with E-state index in [1.54, 1.807) is 7.11 Å². The van der Waals surface area contributed by atoms with Crippen LogP contribution in [0.15, 0.2) is 4.52 Å². The molecular weight excluding hydrogens is 194 g/mol. The molecule has 0 aliphatic rings. The summed E-state index contributed by atoms with van der Waals surface area (Å²) in [5, 5.41) is 3.85. The first-order valence-electron chi connectivity index (χ1n) is 5.28. The summed E-state index contributed by atoms with van der Waals surface area (Å²) in [5.74, 6) is 1.41. The van der Waals surface area contributed by atoms with Gasteiger partial charge in [0.15, 0.2) is 5.82 Å². The molecule has 86 valence electrons. The van der Waals surface area contributed by atoms with Crippen LogP contribution in [0.4, 0.5) is 0 Å². The third-order valence-corrected chi connectivity index (χ3v) is 2.09. The van der Waals surface area contributed by atoms with Crippen molar-refractivity contribution in [3.63, 3.8) is 0 Å². The van der Waals surface area contributed by atoms with E-state index < -0.39 is 0 Å². The maximum Gasteiger partial charge on any atom is 0.226 e. The monoisotopic (exact) mass is 213 g/mol. The van der Waals surface area contributed by atoms with Gasteiger partial charge in [-0.1, -0.05) is 5.16 Å². The Morgan fingerprint density at radius 1 is 1.47 bits per heavy atom. The molecule has 0 fully saturated rings. The van der Waals surface area contributed by atoms with Crippen molar-refractivity contribution in [3.05, 3.63) is 11.7 Å². The van der Waals surface area contributed by atoms with Gasteiger partial charge in [-0.05, 0) is 19.8 Å². The molecule has 0 amide bonds. The van der Waals surface area contributed by atoms with E-state index in [9.17, 15) is 0 Å². The molecule has 0 spiro atoms. The first-order chi connectivity index (χ1) is 7.22. The first kappa shape index (κ1) is 12.1. The summed E-state index contributed by atoms with van der Waals surface area (Å²) in [5.41, 5.74) is 5.64. The number of methoxy groups -OCH3 is 1. The van der Waals surface area contributed by atoms with Crippen molar-refractivity contribution in [2.45, 2.75) is 38.6 Å². The van der Waals surface area contributed by atoms with Crippen LogP contribution in [0.25, 0.3) is 0 Å². The molecule has 1 unspecified atom stereocenters. The van der Waals surface area contributed by atoms with Crippen LogP contribution in [0.1, 0.15) is 31.5 Å². The lowest BCUT2D eigenvalue weighted by atomic mass is 10.1. The average molecular weight is 213 g/mol. The average Bonchev–Trinajstić information content (AvgIpc) is 2.62. The fourth-order valence-corrected chi connectivity index (χ4v) is 1.26. The highest BCUT2D eigenvalue weighted by Crippen LogP contribution is 2.04. The molecule has 0 bridgehead atoms. The minimum atomic E-state index is 0.237. The first-order valence-corrected chi connectivity index (χ1v) is 5.28. The van der Waals surface area contributed by atoms with E-state index in [2.05, 4.69) is 10.1 Å². The van der Waals surface area contributed by atoms with E-state index in [0.29, 0.717) is 24.7 Å². The van der Waals surface area contributed by atoms with E-state index in [-0.39, 0.29) is 6.04 Å². The van der Waals surface area contributed by atoms with Crippen molar-refractivity contribution < 1.29 is 9.26 Å². The van der Waals surface area contributed by atoms with E-state index >= 15 is 0 Å². The second-order valence-electron chi connectivity index (χ2n) is 3.72. The second kappa shape index (κ2) is 6.53. The SMILES string of the molecule is COCCc1noc(CCCC(C)N)n1. The molecule has 1 rings (SSSR count). The lowest BCUT2D eigenvalue weighted by Gasteiger charge is -2.00. The number of hydrogen-bond acceptors (Lipinski definition) is 5. The normalized spacial score (nSPS) is 13.0. The zero-order valence-corrected chi connectivity index (χ0v) is 9.40. The van der Waals surface area contributed by atoms with Gasteiger partial charge in [-0.15, -0.1) is 0 Å². The quantitative estimate of drug-likeness (QED) is 0.729. The van der Waals surface area contributed by atoms with E-state index in [1.807, 2.05) is 6.92 Å². The molecule has 0 saturated heterocycles. The Labute approximate surface area is 90.0 Å². The van der Waals surface area contributed by atoms with Crippen LogP contribution < -0.4 is 5.73 Å². The molecule has 1 aromatic heterocycles. The number of aryl methyl sites for hydroxylation is 1. The maximum absolute atomic E-state index is 5.64. The van der Waals surface area contributed by atoms with Gasteiger partial charge < -0.3 is 15.0 Å². The van der Waals surface area contributed by atoms with Crippen molar-refractivity contribution in [1.29, 1.82) is 0 Å². The predicted molar refractivity (Wildman–Crippen MR) is 56.5 cm³/mol. The Hall–Kier alpha value is -0.940. The van der Waals surface area contributed by atoms with Crippen molar-refractivity contribution in [3.8, 4) is 0 Å². The minimum absolute atomic E-state index is 0.237. The predicted octanol–water partition coefficient (Wildman–Crippen LogP) is 0.928. The molecule has 1 heterocycles. The maximum atomic E-state index is 5.64. The summed E-state index contributed by atoms with van der Waals surface area (Å²) >= 11 is 0. The van der Waals surface area contributed by atoms with Crippen molar-refractivity contribution in [2.75, 3.05) is 13.7 Å². The molecule has 0 aliphatic carbocycles. The standard InChI is InChI=1S/C10H19N3O2/c1-8(11)4-3-5-10-12-9(13-15-10)6-7-14-2/h8H,3-7,11H2,1-2H3. The Kier molecular flexibility index (Phi) is 5.28. The minimum Gasteiger partial charge on any atom is -0.384 e. The molecule has 1 aromatic rings. The van der Waals surface area contributed by atoms with Crippen LogP contribution in [0.2, 0.25) is 0 Å². The second-order valence-corrected chi connectivity index (χ2v) is 3.72. The van der Waals surface area contributed by atoms with Gasteiger partial charge in [-0.25, -0.2) is 0 Å². The molecule has 2 N–H and O–H groups in total. The fraction of sp³-hybridized carbons (Fsp3) is 0.800. The number of ether oxygens (including phenoxy) is 1. The smallest absolute Gasteiger partial charge is 0.226 e. The zero-order valence-electron chi connectivity index (χ0n) is 9.40. The lowest BCUT2D eigenvalue weighted by molar-refractivity contribution is 0.199. The Morgan fingerprint density at radius 3 is 2.93 bits per heavy atom. The molecule has 0 radical (unpaired) electrons. The van der Waals surface area contributed by atoms with E-state index in [1.165, 1.54) is 0 Å².